The monoisotopic (exact) mass is 183 g/mol. The molecule has 0 atom stereocenters. The van der Waals surface area contributed by atoms with Crippen LogP contribution in [-0.4, -0.2) is 5.97 Å². The minimum atomic E-state index is -0.962. The van der Waals surface area contributed by atoms with Gasteiger partial charge in [-0.05, 0) is 25.7 Å². The van der Waals surface area contributed by atoms with Crippen molar-refractivity contribution in [2.75, 3.05) is 0 Å². The smallest absolute Gasteiger partial charge is 0.0417 e. The Morgan fingerprint density at radius 1 is 1.15 bits per heavy atom. The molecule has 0 saturated heterocycles. The van der Waals surface area contributed by atoms with Crippen molar-refractivity contribution in [2.24, 2.45) is 0 Å². The summed E-state index contributed by atoms with van der Waals surface area (Å²) >= 11 is 0. The van der Waals surface area contributed by atoms with Crippen molar-refractivity contribution >= 4 is 5.97 Å². The molecular weight excluding hydrogens is 164 g/mol. The zero-order chi connectivity index (χ0) is 9.94. The van der Waals surface area contributed by atoms with Crippen molar-refractivity contribution in [3.63, 3.8) is 0 Å². The van der Waals surface area contributed by atoms with Gasteiger partial charge in [0.05, 0.1) is 0 Å². The molecule has 0 aliphatic carbocycles. The number of hydrogen-bond acceptors (Lipinski definition) is 2. The molecule has 0 bridgehead atoms. The first-order valence-electron chi connectivity index (χ1n) is 5.12. The van der Waals surface area contributed by atoms with Gasteiger partial charge in [0.25, 0.3) is 0 Å². The minimum Gasteiger partial charge on any atom is -0.550 e. The fraction of sp³-hybridized carbons (Fsp3) is 0.727. The van der Waals surface area contributed by atoms with Crippen LogP contribution in [0.25, 0.3) is 0 Å². The highest BCUT2D eigenvalue weighted by atomic mass is 16.4. The Morgan fingerprint density at radius 3 is 2.46 bits per heavy atom. The number of carboxylic acids is 1. The third-order valence-corrected chi connectivity index (χ3v) is 1.91. The molecule has 0 aliphatic heterocycles. The number of carbonyl (C=O) groups is 1. The average Bonchev–Trinajstić information content (AvgIpc) is 2.09. The zero-order valence-electron chi connectivity index (χ0n) is 8.42. The molecule has 0 rings (SSSR count). The second-order valence-corrected chi connectivity index (χ2v) is 3.23. The maximum atomic E-state index is 10.0. The number of unbranched alkanes of at least 4 members (excludes halogenated alkanes) is 4. The molecule has 2 heteroatoms. The van der Waals surface area contributed by atoms with Gasteiger partial charge >= 0.3 is 0 Å². The summed E-state index contributed by atoms with van der Waals surface area (Å²) in [6.45, 7) is 2.19. The van der Waals surface area contributed by atoms with Gasteiger partial charge in [-0.1, -0.05) is 38.3 Å². The highest BCUT2D eigenvalue weighted by Crippen LogP contribution is 2.03. The number of aliphatic carboxylic acids is 1. The predicted octanol–water partition coefficient (Wildman–Crippen LogP) is 2.04. The molecule has 0 radical (unpaired) electrons. The maximum absolute atomic E-state index is 10.0. The lowest BCUT2D eigenvalue weighted by Gasteiger charge is -1.96. The summed E-state index contributed by atoms with van der Waals surface area (Å²) in [6, 6.07) is 0. The first-order valence-corrected chi connectivity index (χ1v) is 5.12. The number of allylic oxidation sites excluding steroid dienone is 2. The van der Waals surface area contributed by atoms with Crippen LogP contribution in [0.1, 0.15) is 51.9 Å². The van der Waals surface area contributed by atoms with E-state index in [0.29, 0.717) is 6.42 Å². The lowest BCUT2D eigenvalue weighted by Crippen LogP contribution is -2.21. The zero-order valence-corrected chi connectivity index (χ0v) is 8.42. The van der Waals surface area contributed by atoms with Crippen molar-refractivity contribution < 1.29 is 9.90 Å². The van der Waals surface area contributed by atoms with E-state index in [1.165, 1.54) is 25.7 Å². The van der Waals surface area contributed by atoms with Crippen molar-refractivity contribution in [3.8, 4) is 0 Å². The van der Waals surface area contributed by atoms with E-state index >= 15 is 0 Å². The number of hydrogen-bond donors (Lipinski definition) is 0. The Kier molecular flexibility index (Phi) is 8.73. The predicted molar refractivity (Wildman–Crippen MR) is 52.1 cm³/mol. The second kappa shape index (κ2) is 9.30. The lowest BCUT2D eigenvalue weighted by atomic mass is 10.1. The van der Waals surface area contributed by atoms with Crippen LogP contribution in [0.4, 0.5) is 0 Å². The highest BCUT2D eigenvalue weighted by molar-refractivity contribution is 5.64. The van der Waals surface area contributed by atoms with Gasteiger partial charge in [0.2, 0.25) is 0 Å². The van der Waals surface area contributed by atoms with E-state index in [1.807, 2.05) is 6.08 Å². The standard InChI is InChI=1S/C11H20O2/c1-2-3-4-5-6-7-8-9-10-11(12)13/h7-8H,2-6,9-10H2,1H3,(H,12,13)/p-1/b8-7+. The first kappa shape index (κ1) is 12.2. The van der Waals surface area contributed by atoms with Crippen LogP contribution >= 0.6 is 0 Å². The largest absolute Gasteiger partial charge is 0.550 e. The normalized spacial score (nSPS) is 10.8. The number of carbonyl (C=O) groups excluding carboxylic acids is 1. The summed E-state index contributed by atoms with van der Waals surface area (Å²) in [5.41, 5.74) is 0. The molecule has 0 saturated carbocycles. The summed E-state index contributed by atoms with van der Waals surface area (Å²) in [5, 5.41) is 10.0. The number of carboxylic acid groups (broad SMARTS) is 1. The molecule has 0 amide bonds. The van der Waals surface area contributed by atoms with Crippen molar-refractivity contribution in [2.45, 2.75) is 51.9 Å². The quantitative estimate of drug-likeness (QED) is 0.427. The van der Waals surface area contributed by atoms with E-state index in [9.17, 15) is 9.90 Å². The lowest BCUT2D eigenvalue weighted by molar-refractivity contribution is -0.305. The Labute approximate surface area is 80.7 Å². The molecule has 76 valence electrons. The van der Waals surface area contributed by atoms with Gasteiger partial charge in [-0.25, -0.2) is 0 Å². The van der Waals surface area contributed by atoms with E-state index in [4.69, 9.17) is 0 Å². The van der Waals surface area contributed by atoms with Crippen LogP contribution in [0.5, 0.6) is 0 Å². The Hall–Kier alpha value is -0.790. The fourth-order valence-corrected chi connectivity index (χ4v) is 1.13. The molecule has 13 heavy (non-hydrogen) atoms. The van der Waals surface area contributed by atoms with Gasteiger partial charge in [-0.2, -0.15) is 0 Å². The molecule has 0 aromatic heterocycles. The van der Waals surface area contributed by atoms with Gasteiger partial charge in [-0.3, -0.25) is 0 Å². The summed E-state index contributed by atoms with van der Waals surface area (Å²) < 4.78 is 0. The van der Waals surface area contributed by atoms with E-state index < -0.39 is 5.97 Å². The Balaban J connectivity index is 3.08. The van der Waals surface area contributed by atoms with Crippen molar-refractivity contribution in [1.29, 1.82) is 0 Å². The van der Waals surface area contributed by atoms with E-state index in [-0.39, 0.29) is 6.42 Å². The molecule has 0 aromatic rings. The SMILES string of the molecule is CCCCCC/C=C/CCC(=O)[O-]. The van der Waals surface area contributed by atoms with Crippen LogP contribution in [0.15, 0.2) is 12.2 Å². The molecule has 0 fully saturated rings. The second-order valence-electron chi connectivity index (χ2n) is 3.23. The molecule has 0 heterocycles. The van der Waals surface area contributed by atoms with E-state index in [0.717, 1.165) is 6.42 Å². The van der Waals surface area contributed by atoms with Gasteiger partial charge in [-0.15, -0.1) is 0 Å². The Morgan fingerprint density at radius 2 is 1.85 bits per heavy atom. The molecule has 0 aromatic carbocycles. The van der Waals surface area contributed by atoms with Gasteiger partial charge in [0.1, 0.15) is 0 Å². The summed E-state index contributed by atoms with van der Waals surface area (Å²) in [4.78, 5) is 10.0. The number of rotatable bonds is 8. The molecule has 0 N–H and O–H groups in total. The summed E-state index contributed by atoms with van der Waals surface area (Å²) in [5.74, 6) is -0.962. The topological polar surface area (TPSA) is 40.1 Å². The van der Waals surface area contributed by atoms with E-state index in [2.05, 4.69) is 13.0 Å². The highest BCUT2D eigenvalue weighted by Gasteiger charge is 1.85. The Bertz CT molecular complexity index is 150. The van der Waals surface area contributed by atoms with Crippen LogP contribution in [0.2, 0.25) is 0 Å². The van der Waals surface area contributed by atoms with Crippen molar-refractivity contribution in [1.82, 2.24) is 0 Å². The molecule has 2 nitrogen and oxygen atoms in total. The maximum Gasteiger partial charge on any atom is 0.0417 e. The fourth-order valence-electron chi connectivity index (χ4n) is 1.13. The van der Waals surface area contributed by atoms with Crippen LogP contribution in [0.3, 0.4) is 0 Å². The molecule has 0 spiro atoms. The average molecular weight is 183 g/mol. The van der Waals surface area contributed by atoms with Crippen molar-refractivity contribution in [3.05, 3.63) is 12.2 Å². The van der Waals surface area contributed by atoms with E-state index in [1.54, 1.807) is 0 Å². The first-order chi connectivity index (χ1) is 6.27. The van der Waals surface area contributed by atoms with Gasteiger partial charge < -0.3 is 9.90 Å². The van der Waals surface area contributed by atoms with Crippen LogP contribution < -0.4 is 5.11 Å². The van der Waals surface area contributed by atoms with Crippen LogP contribution in [0, 0.1) is 0 Å². The summed E-state index contributed by atoms with van der Waals surface area (Å²) in [6.07, 6.45) is 10.9. The molecule has 0 unspecified atom stereocenters. The summed E-state index contributed by atoms with van der Waals surface area (Å²) in [7, 11) is 0. The molecular formula is C11H19O2-. The minimum absolute atomic E-state index is 0.144. The molecule has 0 aliphatic rings. The van der Waals surface area contributed by atoms with Crippen LogP contribution in [-0.2, 0) is 4.79 Å². The van der Waals surface area contributed by atoms with Gasteiger partial charge in [0.15, 0.2) is 0 Å². The third kappa shape index (κ3) is 11.2. The van der Waals surface area contributed by atoms with Gasteiger partial charge in [0, 0.05) is 5.97 Å². The third-order valence-electron chi connectivity index (χ3n) is 1.91.